The van der Waals surface area contributed by atoms with E-state index in [-0.39, 0.29) is 0 Å². The summed E-state index contributed by atoms with van der Waals surface area (Å²) in [6.07, 6.45) is 13.6. The Hall–Kier alpha value is -2.87. The Labute approximate surface area is 170 Å². The first-order chi connectivity index (χ1) is 13.7. The van der Waals surface area contributed by atoms with E-state index in [4.69, 9.17) is 4.98 Å². The van der Waals surface area contributed by atoms with E-state index in [1.54, 1.807) is 12.4 Å². The molecule has 5 heterocycles. The maximum atomic E-state index is 4.83. The maximum absolute atomic E-state index is 4.83. The predicted molar refractivity (Wildman–Crippen MR) is 112 cm³/mol. The van der Waals surface area contributed by atoms with Gasteiger partial charge in [0.1, 0.15) is 16.1 Å². The third kappa shape index (κ3) is 3.13. The minimum atomic E-state index is 0.646. The molecule has 28 heavy (non-hydrogen) atoms. The number of halogens is 1. The van der Waals surface area contributed by atoms with E-state index < -0.39 is 0 Å². The molecule has 0 amide bonds. The van der Waals surface area contributed by atoms with E-state index in [2.05, 4.69) is 59.8 Å². The molecule has 3 aromatic rings. The van der Waals surface area contributed by atoms with Gasteiger partial charge in [-0.25, -0.2) is 19.9 Å². The molecule has 0 saturated carbocycles. The maximum Gasteiger partial charge on any atom is 0.180 e. The third-order valence-electron chi connectivity index (χ3n) is 4.94. The van der Waals surface area contributed by atoms with Gasteiger partial charge in [0.2, 0.25) is 0 Å². The molecule has 2 aliphatic rings. The Morgan fingerprint density at radius 2 is 2.04 bits per heavy atom. The van der Waals surface area contributed by atoms with Gasteiger partial charge in [0.25, 0.3) is 0 Å². The van der Waals surface area contributed by atoms with E-state index in [9.17, 15) is 0 Å². The SMILES string of the molecule is CC1=NC(C2=CCCN(c3ccnc(-c4cnc5cnc(Br)cn45)n3)C2)=CC1. The highest BCUT2D eigenvalue weighted by Gasteiger charge is 2.20. The average molecular weight is 436 g/mol. The highest BCUT2D eigenvalue weighted by molar-refractivity contribution is 9.10. The number of anilines is 1. The normalized spacial score (nSPS) is 16.9. The first kappa shape index (κ1) is 17.2. The molecule has 0 fully saturated rings. The summed E-state index contributed by atoms with van der Waals surface area (Å²) in [5.41, 5.74) is 5.15. The van der Waals surface area contributed by atoms with E-state index in [0.29, 0.717) is 5.82 Å². The van der Waals surface area contributed by atoms with Crippen molar-refractivity contribution < 1.29 is 0 Å². The molecule has 8 heteroatoms. The van der Waals surface area contributed by atoms with Crippen LogP contribution in [0.5, 0.6) is 0 Å². The molecule has 3 aromatic heterocycles. The summed E-state index contributed by atoms with van der Waals surface area (Å²) < 4.78 is 2.68. The molecule has 2 aliphatic heterocycles. The Bertz CT molecular complexity index is 1160. The summed E-state index contributed by atoms with van der Waals surface area (Å²) in [6, 6.07) is 1.96. The van der Waals surface area contributed by atoms with Crippen molar-refractivity contribution in [2.75, 3.05) is 18.0 Å². The molecule has 0 N–H and O–H groups in total. The molecule has 0 spiro atoms. The number of nitrogens with zero attached hydrogens (tertiary/aromatic N) is 7. The molecule has 0 radical (unpaired) electrons. The number of aromatic nitrogens is 5. The Morgan fingerprint density at radius 3 is 2.89 bits per heavy atom. The van der Waals surface area contributed by atoms with Crippen LogP contribution in [0.2, 0.25) is 0 Å². The van der Waals surface area contributed by atoms with Crippen LogP contribution in [0.4, 0.5) is 5.82 Å². The van der Waals surface area contributed by atoms with Crippen molar-refractivity contribution in [3.8, 4) is 11.5 Å². The van der Waals surface area contributed by atoms with Crippen LogP contribution >= 0.6 is 15.9 Å². The van der Waals surface area contributed by atoms with Crippen molar-refractivity contribution in [1.29, 1.82) is 0 Å². The van der Waals surface area contributed by atoms with E-state index in [1.807, 2.05) is 22.9 Å². The fraction of sp³-hybridized carbons (Fsp3) is 0.250. The lowest BCUT2D eigenvalue weighted by atomic mass is 10.1. The lowest BCUT2D eigenvalue weighted by Gasteiger charge is -2.28. The van der Waals surface area contributed by atoms with Gasteiger partial charge in [0.15, 0.2) is 11.5 Å². The second kappa shape index (κ2) is 6.94. The van der Waals surface area contributed by atoms with Crippen LogP contribution in [0.1, 0.15) is 19.8 Å². The third-order valence-corrected chi connectivity index (χ3v) is 5.35. The summed E-state index contributed by atoms with van der Waals surface area (Å²) in [5.74, 6) is 1.56. The fourth-order valence-electron chi connectivity index (χ4n) is 3.55. The van der Waals surface area contributed by atoms with Crippen molar-refractivity contribution in [1.82, 2.24) is 24.3 Å². The molecule has 5 rings (SSSR count). The second-order valence-corrected chi connectivity index (χ2v) is 7.71. The smallest absolute Gasteiger partial charge is 0.180 e. The quantitative estimate of drug-likeness (QED) is 0.624. The summed E-state index contributed by atoms with van der Waals surface area (Å²) in [7, 11) is 0. The van der Waals surface area contributed by atoms with Gasteiger partial charge in [0.05, 0.1) is 18.1 Å². The van der Waals surface area contributed by atoms with Crippen LogP contribution in [0.15, 0.2) is 63.9 Å². The Morgan fingerprint density at radius 1 is 1.11 bits per heavy atom. The molecular weight excluding hydrogens is 418 g/mol. The van der Waals surface area contributed by atoms with Gasteiger partial charge in [-0.15, -0.1) is 0 Å². The van der Waals surface area contributed by atoms with Gasteiger partial charge in [-0.1, -0.05) is 12.2 Å². The van der Waals surface area contributed by atoms with Crippen molar-refractivity contribution in [2.45, 2.75) is 19.8 Å². The molecule has 0 bridgehead atoms. The zero-order valence-corrected chi connectivity index (χ0v) is 17.0. The zero-order chi connectivity index (χ0) is 19.1. The van der Waals surface area contributed by atoms with Gasteiger partial charge < -0.3 is 4.90 Å². The van der Waals surface area contributed by atoms with Gasteiger partial charge >= 0.3 is 0 Å². The molecular formula is C20H18BrN7. The van der Waals surface area contributed by atoms with Crippen LogP contribution in [-0.2, 0) is 0 Å². The van der Waals surface area contributed by atoms with E-state index >= 15 is 0 Å². The number of hydrogen-bond acceptors (Lipinski definition) is 6. The average Bonchev–Trinajstić information content (AvgIpc) is 3.34. The Balaban J connectivity index is 1.46. The van der Waals surface area contributed by atoms with Gasteiger partial charge in [0, 0.05) is 37.6 Å². The second-order valence-electron chi connectivity index (χ2n) is 6.90. The van der Waals surface area contributed by atoms with Crippen LogP contribution in [0.3, 0.4) is 0 Å². The number of rotatable bonds is 3. The summed E-state index contributed by atoms with van der Waals surface area (Å²) in [5, 5.41) is 0. The molecule has 0 atom stereocenters. The zero-order valence-electron chi connectivity index (χ0n) is 15.4. The Kier molecular flexibility index (Phi) is 4.27. The standard InChI is InChI=1S/C20H18BrN7/c1-13-4-5-15(25-13)14-3-2-8-27(11-14)18-6-7-22-20(26-18)16-9-24-19-10-23-17(21)12-28(16)19/h3,5-7,9-10,12H,2,4,8,11H2,1H3. The molecule has 0 saturated heterocycles. The van der Waals surface area contributed by atoms with Crippen molar-refractivity contribution in [2.24, 2.45) is 4.99 Å². The minimum Gasteiger partial charge on any atom is -0.352 e. The number of aliphatic imine (C=N–C) groups is 1. The predicted octanol–water partition coefficient (Wildman–Crippen LogP) is 3.83. The van der Waals surface area contributed by atoms with Gasteiger partial charge in [-0.2, -0.15) is 0 Å². The number of fused-ring (bicyclic) bond motifs is 1. The topological polar surface area (TPSA) is 71.6 Å². The van der Waals surface area contributed by atoms with Crippen LogP contribution < -0.4 is 4.90 Å². The molecule has 0 aliphatic carbocycles. The van der Waals surface area contributed by atoms with Gasteiger partial charge in [-0.3, -0.25) is 9.39 Å². The minimum absolute atomic E-state index is 0.646. The van der Waals surface area contributed by atoms with Crippen molar-refractivity contribution >= 4 is 33.1 Å². The van der Waals surface area contributed by atoms with Crippen LogP contribution in [-0.4, -0.2) is 43.1 Å². The monoisotopic (exact) mass is 435 g/mol. The summed E-state index contributed by atoms with van der Waals surface area (Å²) in [6.45, 7) is 3.81. The molecule has 7 nitrogen and oxygen atoms in total. The van der Waals surface area contributed by atoms with Crippen molar-refractivity contribution in [3.05, 3.63) is 58.9 Å². The summed E-state index contributed by atoms with van der Waals surface area (Å²) in [4.78, 5) is 24.9. The van der Waals surface area contributed by atoms with E-state index in [0.717, 1.165) is 53.4 Å². The lowest BCUT2D eigenvalue weighted by molar-refractivity contribution is 0.779. The molecule has 140 valence electrons. The van der Waals surface area contributed by atoms with Crippen LogP contribution in [0.25, 0.3) is 17.2 Å². The first-order valence-corrected chi connectivity index (χ1v) is 9.97. The number of hydrogen-bond donors (Lipinski definition) is 0. The van der Waals surface area contributed by atoms with Crippen molar-refractivity contribution in [3.63, 3.8) is 0 Å². The summed E-state index contributed by atoms with van der Waals surface area (Å²) >= 11 is 3.41. The first-order valence-electron chi connectivity index (χ1n) is 9.18. The fourth-order valence-corrected chi connectivity index (χ4v) is 3.86. The van der Waals surface area contributed by atoms with Crippen LogP contribution in [0, 0.1) is 0 Å². The molecule has 0 unspecified atom stereocenters. The molecule has 0 aromatic carbocycles. The highest BCUT2D eigenvalue weighted by Crippen LogP contribution is 2.27. The highest BCUT2D eigenvalue weighted by atomic mass is 79.9. The van der Waals surface area contributed by atoms with Gasteiger partial charge in [-0.05, 0) is 40.9 Å². The van der Waals surface area contributed by atoms with E-state index in [1.165, 1.54) is 11.3 Å². The number of allylic oxidation sites excluding steroid dienone is 1. The largest absolute Gasteiger partial charge is 0.352 e. The number of imidazole rings is 1. The lowest BCUT2D eigenvalue weighted by Crippen LogP contribution is -2.31.